The van der Waals surface area contributed by atoms with E-state index in [0.717, 1.165) is 17.7 Å². The summed E-state index contributed by atoms with van der Waals surface area (Å²) in [5.74, 6) is -1.54. The van der Waals surface area contributed by atoms with E-state index in [9.17, 15) is 33.1 Å². The number of primary amides is 1. The standard InChI is InChI=1S/C16H21ClFN3O3.C12H14ClFN4O2/c1-16(2,3)19(15(23)24)10-14(22)21-8-4-7-20(21)13-6-5-11(18)9-12(13)17;13-9-6-8(14)2-3-10(9)17-4-1-5-18(17)11(19)7-16-12(15)20/h5-6,9H,4,7-8,10H2,1-3H3,(H,23,24);2-3,6H,1,4-5,7H2,(H3,15,16,20). The van der Waals surface area contributed by atoms with Gasteiger partial charge < -0.3 is 16.2 Å². The predicted molar refractivity (Wildman–Crippen MR) is 162 cm³/mol. The van der Waals surface area contributed by atoms with E-state index in [1.165, 1.54) is 46.4 Å². The van der Waals surface area contributed by atoms with Gasteiger partial charge in [-0.15, -0.1) is 0 Å². The summed E-state index contributed by atoms with van der Waals surface area (Å²) in [5, 5.41) is 18.3. The predicted octanol–water partition coefficient (Wildman–Crippen LogP) is 4.31. The summed E-state index contributed by atoms with van der Waals surface area (Å²) in [6.45, 7) is 6.86. The minimum absolute atomic E-state index is 0.190. The lowest BCUT2D eigenvalue weighted by atomic mass is 10.1. The fraction of sp³-hybridized carbons (Fsp3) is 0.429. The lowest BCUT2D eigenvalue weighted by Gasteiger charge is -2.36. The number of nitrogens with one attached hydrogen (secondary N) is 1. The molecule has 0 aromatic heterocycles. The Labute approximate surface area is 263 Å². The van der Waals surface area contributed by atoms with Crippen molar-refractivity contribution in [3.05, 3.63) is 58.1 Å². The molecular weight excluding hydrogens is 623 g/mol. The number of carboxylic acid groups (broad SMARTS) is 1. The van der Waals surface area contributed by atoms with E-state index in [2.05, 4.69) is 5.32 Å². The van der Waals surface area contributed by atoms with E-state index in [4.69, 9.17) is 28.9 Å². The van der Waals surface area contributed by atoms with Crippen LogP contribution in [0.25, 0.3) is 0 Å². The van der Waals surface area contributed by atoms with Gasteiger partial charge in [-0.05, 0) is 70.0 Å². The lowest BCUT2D eigenvalue weighted by molar-refractivity contribution is -0.132. The summed E-state index contributed by atoms with van der Waals surface area (Å²) in [6, 6.07) is 7.22. The van der Waals surface area contributed by atoms with Crippen molar-refractivity contribution < 1.29 is 33.1 Å². The lowest BCUT2D eigenvalue weighted by Crippen LogP contribution is -2.52. The largest absolute Gasteiger partial charge is 0.465 e. The quantitative estimate of drug-likeness (QED) is 0.420. The van der Waals surface area contributed by atoms with Gasteiger partial charge in [-0.25, -0.2) is 18.4 Å². The van der Waals surface area contributed by atoms with Crippen LogP contribution in [-0.4, -0.2) is 88.8 Å². The molecule has 2 aliphatic rings. The fourth-order valence-electron chi connectivity index (χ4n) is 4.69. The van der Waals surface area contributed by atoms with Crippen molar-refractivity contribution in [1.29, 1.82) is 0 Å². The van der Waals surface area contributed by atoms with E-state index in [-0.39, 0.29) is 34.9 Å². The number of carbonyl (C=O) groups is 4. The van der Waals surface area contributed by atoms with E-state index in [1.807, 2.05) is 0 Å². The van der Waals surface area contributed by atoms with Crippen LogP contribution in [0.5, 0.6) is 0 Å². The third-order valence-electron chi connectivity index (χ3n) is 6.76. The SMILES string of the molecule is CC(C)(C)N(CC(=O)N1CCCN1c1ccc(F)cc1Cl)C(=O)O.NC(=O)NCC(=O)N1CCCN1c1ccc(F)cc1Cl. The van der Waals surface area contributed by atoms with Crippen molar-refractivity contribution in [1.82, 2.24) is 20.2 Å². The number of nitrogens with zero attached hydrogens (tertiary/aromatic N) is 5. The number of hydrazine groups is 2. The molecule has 240 valence electrons. The molecule has 0 saturated carbocycles. The maximum atomic E-state index is 13.2. The first-order chi connectivity index (χ1) is 20.6. The second-order valence-corrected chi connectivity index (χ2v) is 11.8. The fourth-order valence-corrected chi connectivity index (χ4v) is 5.22. The number of hydrogen-bond acceptors (Lipinski definition) is 6. The smallest absolute Gasteiger partial charge is 0.408 e. The molecule has 0 aliphatic carbocycles. The van der Waals surface area contributed by atoms with Gasteiger partial charge in [0.15, 0.2) is 0 Å². The van der Waals surface area contributed by atoms with Gasteiger partial charge in [0.2, 0.25) is 0 Å². The van der Waals surface area contributed by atoms with Crippen LogP contribution in [0, 0.1) is 11.6 Å². The van der Waals surface area contributed by atoms with E-state index in [0.29, 0.717) is 37.6 Å². The Kier molecular flexibility index (Phi) is 11.4. The van der Waals surface area contributed by atoms with Crippen molar-refractivity contribution in [2.45, 2.75) is 39.2 Å². The highest BCUT2D eigenvalue weighted by Gasteiger charge is 2.34. The molecular formula is C28H35Cl2F2N7O5. The number of halogens is 4. The molecule has 2 fully saturated rings. The van der Waals surface area contributed by atoms with Gasteiger partial charge in [-0.2, -0.15) is 0 Å². The normalized spacial score (nSPS) is 14.7. The highest BCUT2D eigenvalue weighted by atomic mass is 35.5. The second kappa shape index (κ2) is 14.6. The molecule has 4 N–H and O–H groups in total. The number of carbonyl (C=O) groups excluding carboxylic acids is 3. The average molecular weight is 659 g/mol. The summed E-state index contributed by atoms with van der Waals surface area (Å²) in [7, 11) is 0. The van der Waals surface area contributed by atoms with E-state index in [1.54, 1.807) is 30.8 Å². The average Bonchev–Trinajstić information content (AvgIpc) is 3.60. The van der Waals surface area contributed by atoms with Gasteiger partial charge in [0, 0.05) is 31.7 Å². The molecule has 2 aromatic carbocycles. The summed E-state index contributed by atoms with van der Waals surface area (Å²) in [6.07, 6.45) is 0.333. The number of hydrogen-bond donors (Lipinski definition) is 3. The number of rotatable bonds is 6. The molecule has 0 bridgehead atoms. The van der Waals surface area contributed by atoms with Crippen molar-refractivity contribution in [3.63, 3.8) is 0 Å². The van der Waals surface area contributed by atoms with Crippen molar-refractivity contribution in [2.75, 3.05) is 49.3 Å². The van der Waals surface area contributed by atoms with Crippen LogP contribution in [-0.2, 0) is 9.59 Å². The molecule has 5 amide bonds. The Bertz CT molecular complexity index is 1390. The van der Waals surface area contributed by atoms with Gasteiger partial charge in [-0.3, -0.25) is 34.5 Å². The monoisotopic (exact) mass is 657 g/mol. The molecule has 2 aromatic rings. The highest BCUT2D eigenvalue weighted by molar-refractivity contribution is 6.33. The molecule has 44 heavy (non-hydrogen) atoms. The van der Waals surface area contributed by atoms with Gasteiger partial charge in [0.1, 0.15) is 24.7 Å². The van der Waals surface area contributed by atoms with Crippen LogP contribution in [0.3, 0.4) is 0 Å². The summed E-state index contributed by atoms with van der Waals surface area (Å²) < 4.78 is 26.3. The maximum Gasteiger partial charge on any atom is 0.408 e. The Morgan fingerprint density at radius 2 is 1.32 bits per heavy atom. The third-order valence-corrected chi connectivity index (χ3v) is 7.37. The molecule has 0 radical (unpaired) electrons. The van der Waals surface area contributed by atoms with E-state index < -0.39 is 29.3 Å². The van der Waals surface area contributed by atoms with Gasteiger partial charge in [0.05, 0.1) is 21.4 Å². The topological polar surface area (TPSA) is 143 Å². The van der Waals surface area contributed by atoms with Gasteiger partial charge >= 0.3 is 12.1 Å². The second-order valence-electron chi connectivity index (χ2n) is 10.9. The number of amides is 5. The van der Waals surface area contributed by atoms with Crippen LogP contribution >= 0.6 is 23.2 Å². The molecule has 2 aliphatic heterocycles. The van der Waals surface area contributed by atoms with Crippen molar-refractivity contribution in [2.24, 2.45) is 5.73 Å². The first-order valence-electron chi connectivity index (χ1n) is 13.7. The summed E-state index contributed by atoms with van der Waals surface area (Å²) in [4.78, 5) is 47.8. The Hall–Kier alpha value is -4.04. The zero-order chi connectivity index (χ0) is 32.8. The van der Waals surface area contributed by atoms with Crippen molar-refractivity contribution in [3.8, 4) is 0 Å². The number of urea groups is 1. The molecule has 0 spiro atoms. The number of benzene rings is 2. The first-order valence-corrected chi connectivity index (χ1v) is 14.5. The summed E-state index contributed by atoms with van der Waals surface area (Å²) in [5.41, 5.74) is 5.32. The molecule has 4 rings (SSSR count). The maximum absolute atomic E-state index is 13.2. The molecule has 0 atom stereocenters. The minimum atomic E-state index is -1.15. The van der Waals surface area contributed by atoms with Gasteiger partial charge in [-0.1, -0.05) is 23.2 Å². The van der Waals surface area contributed by atoms with Crippen LogP contribution in [0.4, 0.5) is 29.7 Å². The molecule has 0 unspecified atom stereocenters. The van der Waals surface area contributed by atoms with E-state index >= 15 is 0 Å². The molecule has 16 heteroatoms. The van der Waals surface area contributed by atoms with Crippen molar-refractivity contribution >= 4 is 58.5 Å². The highest BCUT2D eigenvalue weighted by Crippen LogP contribution is 2.31. The minimum Gasteiger partial charge on any atom is -0.465 e. The number of nitrogens with two attached hydrogens (primary N) is 1. The Balaban J connectivity index is 0.000000244. The van der Waals surface area contributed by atoms with Crippen LogP contribution in [0.2, 0.25) is 10.0 Å². The third kappa shape index (κ3) is 8.76. The number of anilines is 2. The first kappa shape index (κ1) is 34.5. The molecule has 2 saturated heterocycles. The molecule has 2 heterocycles. The molecule has 12 nitrogen and oxygen atoms in total. The Morgan fingerprint density at radius 1 is 0.864 bits per heavy atom. The van der Waals surface area contributed by atoms with Crippen LogP contribution in [0.1, 0.15) is 33.6 Å². The van der Waals surface area contributed by atoms with Crippen LogP contribution < -0.4 is 21.1 Å². The summed E-state index contributed by atoms with van der Waals surface area (Å²) >= 11 is 12.1. The zero-order valence-corrected chi connectivity index (χ0v) is 26.0. The van der Waals surface area contributed by atoms with Crippen LogP contribution in [0.15, 0.2) is 36.4 Å². The zero-order valence-electron chi connectivity index (χ0n) is 24.5. The Morgan fingerprint density at radius 3 is 1.70 bits per heavy atom. The van der Waals surface area contributed by atoms with Gasteiger partial charge in [0.25, 0.3) is 11.8 Å².